The largest absolute Gasteiger partial charge is 0.359 e. The average molecular weight is 207 g/mol. The van der Waals surface area contributed by atoms with Gasteiger partial charge in [0, 0.05) is 6.07 Å². The lowest BCUT2D eigenvalue weighted by atomic mass is 10.3. The van der Waals surface area contributed by atoms with E-state index in [2.05, 4.69) is 15.6 Å². The summed E-state index contributed by atoms with van der Waals surface area (Å²) < 4.78 is 9.61. The quantitative estimate of drug-likeness (QED) is 0.807. The lowest BCUT2D eigenvalue weighted by Crippen LogP contribution is -2.11. The van der Waals surface area contributed by atoms with Crippen LogP contribution in [0.4, 0.5) is 5.69 Å². The van der Waals surface area contributed by atoms with Gasteiger partial charge >= 0.3 is 0 Å². The molecule has 0 radical (unpaired) electrons. The van der Waals surface area contributed by atoms with Gasteiger partial charge in [0.05, 0.1) is 6.20 Å². The van der Waals surface area contributed by atoms with Crippen LogP contribution in [0.25, 0.3) is 0 Å². The van der Waals surface area contributed by atoms with Crippen molar-refractivity contribution in [2.24, 2.45) is 0 Å². The Kier molecular flexibility index (Phi) is 2.24. The van der Waals surface area contributed by atoms with Gasteiger partial charge in [-0.05, 0) is 13.8 Å². The topological polar surface area (TPSA) is 81.2 Å². The molecule has 2 aromatic heterocycles. The van der Waals surface area contributed by atoms with Crippen molar-refractivity contribution >= 4 is 11.6 Å². The average Bonchev–Trinajstić information content (AvgIpc) is 2.82. The second kappa shape index (κ2) is 3.56. The van der Waals surface area contributed by atoms with Crippen LogP contribution in [0, 0.1) is 13.8 Å². The molecule has 78 valence electrons. The van der Waals surface area contributed by atoms with Gasteiger partial charge in [-0.25, -0.2) is 0 Å². The van der Waals surface area contributed by atoms with Crippen LogP contribution in [0.5, 0.6) is 0 Å². The second-order valence-corrected chi connectivity index (χ2v) is 3.03. The van der Waals surface area contributed by atoms with Crippen molar-refractivity contribution in [1.82, 2.24) is 10.3 Å². The fourth-order valence-corrected chi connectivity index (χ4v) is 1.17. The van der Waals surface area contributed by atoms with Gasteiger partial charge in [0.25, 0.3) is 5.91 Å². The molecule has 0 saturated heterocycles. The van der Waals surface area contributed by atoms with Crippen LogP contribution in [0.3, 0.4) is 0 Å². The highest BCUT2D eigenvalue weighted by atomic mass is 16.5. The van der Waals surface area contributed by atoms with Gasteiger partial charge in [-0.15, -0.1) is 0 Å². The number of rotatable bonds is 2. The highest BCUT2D eigenvalue weighted by molar-refractivity contribution is 6.02. The van der Waals surface area contributed by atoms with E-state index in [9.17, 15) is 4.79 Å². The number of nitrogens with zero attached hydrogens (tertiary/aromatic N) is 2. The van der Waals surface area contributed by atoms with E-state index in [4.69, 9.17) is 9.05 Å². The molecular formula is C9H9N3O3. The van der Waals surface area contributed by atoms with Crippen LogP contribution in [0.2, 0.25) is 0 Å². The Hall–Kier alpha value is -2.11. The van der Waals surface area contributed by atoms with Crippen LogP contribution in [0.1, 0.15) is 22.0 Å². The van der Waals surface area contributed by atoms with Crippen LogP contribution in [-0.4, -0.2) is 16.2 Å². The highest BCUT2D eigenvalue weighted by Crippen LogP contribution is 2.19. The van der Waals surface area contributed by atoms with Crippen molar-refractivity contribution < 1.29 is 13.8 Å². The maximum Gasteiger partial charge on any atom is 0.294 e. The first-order valence-electron chi connectivity index (χ1n) is 4.33. The number of hydrogen-bond acceptors (Lipinski definition) is 5. The fourth-order valence-electron chi connectivity index (χ4n) is 1.17. The monoisotopic (exact) mass is 207 g/mol. The van der Waals surface area contributed by atoms with E-state index in [-0.39, 0.29) is 11.7 Å². The molecule has 1 N–H and O–H groups in total. The van der Waals surface area contributed by atoms with Gasteiger partial charge in [-0.1, -0.05) is 10.3 Å². The highest BCUT2D eigenvalue weighted by Gasteiger charge is 2.15. The first-order chi connectivity index (χ1) is 7.18. The van der Waals surface area contributed by atoms with Crippen LogP contribution in [-0.2, 0) is 0 Å². The number of aryl methyl sites for hydroxylation is 2. The lowest BCUT2D eigenvalue weighted by molar-refractivity contribution is 0.0987. The minimum Gasteiger partial charge on any atom is -0.359 e. The number of amides is 1. The Morgan fingerprint density at radius 3 is 2.73 bits per heavy atom. The van der Waals surface area contributed by atoms with Crippen molar-refractivity contribution in [3.05, 3.63) is 29.5 Å². The minimum absolute atomic E-state index is 0.148. The maximum absolute atomic E-state index is 11.6. The van der Waals surface area contributed by atoms with Gasteiger partial charge in [-0.3, -0.25) is 4.79 Å². The van der Waals surface area contributed by atoms with Crippen molar-refractivity contribution in [1.29, 1.82) is 0 Å². The third kappa shape index (κ3) is 1.74. The molecule has 2 aromatic rings. The molecule has 0 aliphatic heterocycles. The molecular weight excluding hydrogens is 198 g/mol. The van der Waals surface area contributed by atoms with E-state index in [0.717, 1.165) is 0 Å². The standard InChI is InChI=1S/C9H9N3O3/c1-5-8(6(2)14-12-5)11-9(13)7-3-4-10-15-7/h3-4H,1-2H3,(H,11,13). The van der Waals surface area contributed by atoms with E-state index in [1.807, 2.05) is 0 Å². The third-order valence-electron chi connectivity index (χ3n) is 1.93. The van der Waals surface area contributed by atoms with Crippen molar-refractivity contribution in [3.63, 3.8) is 0 Å². The van der Waals surface area contributed by atoms with Gasteiger partial charge in [-0.2, -0.15) is 0 Å². The molecule has 0 aliphatic rings. The second-order valence-electron chi connectivity index (χ2n) is 3.03. The summed E-state index contributed by atoms with van der Waals surface area (Å²) in [5, 5.41) is 9.79. The first-order valence-corrected chi connectivity index (χ1v) is 4.33. The Balaban J connectivity index is 2.20. The summed E-state index contributed by atoms with van der Waals surface area (Å²) in [6.07, 6.45) is 1.41. The number of anilines is 1. The number of nitrogens with one attached hydrogen (secondary N) is 1. The van der Waals surface area contributed by atoms with Gasteiger partial charge < -0.3 is 14.4 Å². The number of aromatic nitrogens is 2. The van der Waals surface area contributed by atoms with E-state index < -0.39 is 0 Å². The SMILES string of the molecule is Cc1noc(C)c1NC(=O)c1ccno1. The summed E-state index contributed by atoms with van der Waals surface area (Å²) in [5.41, 5.74) is 1.19. The van der Waals surface area contributed by atoms with Crippen LogP contribution < -0.4 is 5.32 Å². The molecule has 0 atom stereocenters. The van der Waals surface area contributed by atoms with Gasteiger partial charge in [0.2, 0.25) is 5.76 Å². The van der Waals surface area contributed by atoms with Gasteiger partial charge in [0.15, 0.2) is 5.76 Å². The zero-order valence-electron chi connectivity index (χ0n) is 8.27. The molecule has 0 unspecified atom stereocenters. The maximum atomic E-state index is 11.6. The summed E-state index contributed by atoms with van der Waals surface area (Å²) in [6.45, 7) is 3.46. The summed E-state index contributed by atoms with van der Waals surface area (Å²) in [6, 6.07) is 1.48. The summed E-state index contributed by atoms with van der Waals surface area (Å²) in [4.78, 5) is 11.6. The minimum atomic E-state index is -0.373. The van der Waals surface area contributed by atoms with E-state index in [1.165, 1.54) is 12.3 Å². The molecule has 6 nitrogen and oxygen atoms in total. The molecule has 0 aliphatic carbocycles. The summed E-state index contributed by atoms with van der Waals surface area (Å²) in [7, 11) is 0. The summed E-state index contributed by atoms with van der Waals surface area (Å²) in [5.74, 6) is 0.331. The van der Waals surface area contributed by atoms with E-state index >= 15 is 0 Å². The molecule has 0 fully saturated rings. The Morgan fingerprint density at radius 1 is 1.40 bits per heavy atom. The van der Waals surface area contributed by atoms with Crippen LogP contribution in [0.15, 0.2) is 21.3 Å². The lowest BCUT2D eigenvalue weighted by Gasteiger charge is -1.99. The zero-order valence-corrected chi connectivity index (χ0v) is 8.27. The molecule has 2 heterocycles. The predicted octanol–water partition coefficient (Wildman–Crippen LogP) is 1.53. The fraction of sp³-hybridized carbons (Fsp3) is 0.222. The van der Waals surface area contributed by atoms with E-state index in [1.54, 1.807) is 13.8 Å². The number of hydrogen-bond donors (Lipinski definition) is 1. The third-order valence-corrected chi connectivity index (χ3v) is 1.93. The van der Waals surface area contributed by atoms with Gasteiger partial charge in [0.1, 0.15) is 11.4 Å². The van der Waals surface area contributed by atoms with Crippen LogP contribution >= 0.6 is 0 Å². The molecule has 0 aromatic carbocycles. The van der Waals surface area contributed by atoms with Crippen molar-refractivity contribution in [2.45, 2.75) is 13.8 Å². The molecule has 0 spiro atoms. The molecule has 0 bridgehead atoms. The van der Waals surface area contributed by atoms with E-state index in [0.29, 0.717) is 17.1 Å². The first kappa shape index (κ1) is 9.45. The molecule has 1 amide bonds. The smallest absolute Gasteiger partial charge is 0.294 e. The normalized spacial score (nSPS) is 10.3. The summed E-state index contributed by atoms with van der Waals surface area (Å²) >= 11 is 0. The molecule has 0 saturated carbocycles. The Bertz CT molecular complexity index is 453. The molecule has 6 heteroatoms. The predicted molar refractivity (Wildman–Crippen MR) is 50.4 cm³/mol. The Morgan fingerprint density at radius 2 is 2.20 bits per heavy atom. The molecule has 15 heavy (non-hydrogen) atoms. The Labute approximate surface area is 85.2 Å². The zero-order chi connectivity index (χ0) is 10.8. The number of carbonyl (C=O) groups excluding carboxylic acids is 1. The molecule has 2 rings (SSSR count). The van der Waals surface area contributed by atoms with Crippen molar-refractivity contribution in [3.8, 4) is 0 Å². The number of carbonyl (C=O) groups is 1. The van der Waals surface area contributed by atoms with Crippen molar-refractivity contribution in [2.75, 3.05) is 5.32 Å².